The Morgan fingerprint density at radius 3 is 2.62 bits per heavy atom. The SMILES string of the molecule is CCCNc1cc(Nc2cccc(C(C)C)c2)nc(N)n1. The van der Waals surface area contributed by atoms with Crippen LogP contribution in [0.1, 0.15) is 38.7 Å². The molecule has 0 amide bonds. The molecule has 2 aromatic rings. The van der Waals surface area contributed by atoms with Crippen LogP contribution >= 0.6 is 0 Å². The highest BCUT2D eigenvalue weighted by molar-refractivity contribution is 5.61. The zero-order valence-corrected chi connectivity index (χ0v) is 12.9. The van der Waals surface area contributed by atoms with Gasteiger partial charge in [0.1, 0.15) is 11.6 Å². The lowest BCUT2D eigenvalue weighted by molar-refractivity contribution is 0.867. The Kier molecular flexibility index (Phi) is 4.98. The molecule has 0 radical (unpaired) electrons. The quantitative estimate of drug-likeness (QED) is 0.753. The summed E-state index contributed by atoms with van der Waals surface area (Å²) in [6.07, 6.45) is 1.03. The molecule has 0 aliphatic heterocycles. The number of hydrogen-bond acceptors (Lipinski definition) is 5. The fourth-order valence-electron chi connectivity index (χ4n) is 2.00. The molecule has 5 nitrogen and oxygen atoms in total. The monoisotopic (exact) mass is 285 g/mol. The van der Waals surface area contributed by atoms with Gasteiger partial charge >= 0.3 is 0 Å². The molecule has 0 unspecified atom stereocenters. The molecule has 0 spiro atoms. The van der Waals surface area contributed by atoms with Crippen molar-refractivity contribution < 1.29 is 0 Å². The van der Waals surface area contributed by atoms with E-state index < -0.39 is 0 Å². The van der Waals surface area contributed by atoms with Gasteiger partial charge in [-0.15, -0.1) is 0 Å². The van der Waals surface area contributed by atoms with Crippen LogP contribution in [0.2, 0.25) is 0 Å². The molecule has 0 atom stereocenters. The topological polar surface area (TPSA) is 75.9 Å². The van der Waals surface area contributed by atoms with Gasteiger partial charge in [-0.3, -0.25) is 0 Å². The minimum Gasteiger partial charge on any atom is -0.370 e. The van der Waals surface area contributed by atoms with Crippen molar-refractivity contribution in [3.63, 3.8) is 0 Å². The van der Waals surface area contributed by atoms with E-state index in [2.05, 4.69) is 53.5 Å². The van der Waals surface area contributed by atoms with Crippen molar-refractivity contribution >= 4 is 23.3 Å². The van der Waals surface area contributed by atoms with Crippen LogP contribution in [0, 0.1) is 0 Å². The third-order valence-electron chi connectivity index (χ3n) is 3.13. The Morgan fingerprint density at radius 1 is 1.14 bits per heavy atom. The van der Waals surface area contributed by atoms with Gasteiger partial charge in [-0.05, 0) is 30.0 Å². The third-order valence-corrected chi connectivity index (χ3v) is 3.13. The molecule has 0 bridgehead atoms. The second-order valence-electron chi connectivity index (χ2n) is 5.33. The number of nitrogens with two attached hydrogens (primary N) is 1. The second-order valence-corrected chi connectivity index (χ2v) is 5.33. The first-order chi connectivity index (χ1) is 10.1. The fraction of sp³-hybridized carbons (Fsp3) is 0.375. The number of benzene rings is 1. The van der Waals surface area contributed by atoms with Crippen molar-refractivity contribution in [1.82, 2.24) is 9.97 Å². The highest BCUT2D eigenvalue weighted by Crippen LogP contribution is 2.22. The number of nitrogens with one attached hydrogen (secondary N) is 2. The van der Waals surface area contributed by atoms with E-state index in [4.69, 9.17) is 5.73 Å². The number of aromatic nitrogens is 2. The molecule has 112 valence electrons. The van der Waals surface area contributed by atoms with E-state index in [1.54, 1.807) is 0 Å². The molecule has 21 heavy (non-hydrogen) atoms. The summed E-state index contributed by atoms with van der Waals surface area (Å²) in [7, 11) is 0. The summed E-state index contributed by atoms with van der Waals surface area (Å²) in [6, 6.07) is 10.2. The maximum Gasteiger partial charge on any atom is 0.223 e. The normalized spacial score (nSPS) is 10.7. The van der Waals surface area contributed by atoms with Crippen molar-refractivity contribution in [3.05, 3.63) is 35.9 Å². The van der Waals surface area contributed by atoms with Gasteiger partial charge in [0.05, 0.1) is 0 Å². The van der Waals surface area contributed by atoms with Gasteiger partial charge in [0.25, 0.3) is 0 Å². The van der Waals surface area contributed by atoms with E-state index in [-0.39, 0.29) is 5.95 Å². The van der Waals surface area contributed by atoms with Crippen molar-refractivity contribution in [2.75, 3.05) is 22.9 Å². The average molecular weight is 285 g/mol. The van der Waals surface area contributed by atoms with Crippen LogP contribution in [0.4, 0.5) is 23.3 Å². The van der Waals surface area contributed by atoms with Crippen LogP contribution in [-0.2, 0) is 0 Å². The number of nitrogen functional groups attached to an aromatic ring is 1. The maximum absolute atomic E-state index is 5.76. The van der Waals surface area contributed by atoms with Crippen LogP contribution in [0.15, 0.2) is 30.3 Å². The van der Waals surface area contributed by atoms with Gasteiger partial charge in [0.2, 0.25) is 5.95 Å². The lowest BCUT2D eigenvalue weighted by atomic mass is 10.0. The van der Waals surface area contributed by atoms with E-state index in [1.165, 1.54) is 5.56 Å². The van der Waals surface area contributed by atoms with Gasteiger partial charge in [0, 0.05) is 18.3 Å². The number of rotatable bonds is 6. The molecule has 1 aromatic heterocycles. The largest absolute Gasteiger partial charge is 0.370 e. The second kappa shape index (κ2) is 6.92. The zero-order valence-electron chi connectivity index (χ0n) is 12.9. The van der Waals surface area contributed by atoms with E-state index in [0.29, 0.717) is 11.7 Å². The van der Waals surface area contributed by atoms with Crippen LogP contribution in [0.25, 0.3) is 0 Å². The van der Waals surface area contributed by atoms with Crippen LogP contribution in [0.3, 0.4) is 0 Å². The van der Waals surface area contributed by atoms with Crippen LogP contribution < -0.4 is 16.4 Å². The van der Waals surface area contributed by atoms with E-state index in [1.807, 2.05) is 18.2 Å². The molecule has 2 rings (SSSR count). The first-order valence-corrected chi connectivity index (χ1v) is 7.34. The van der Waals surface area contributed by atoms with Gasteiger partial charge in [0.15, 0.2) is 0 Å². The molecule has 0 aliphatic carbocycles. The van der Waals surface area contributed by atoms with Gasteiger partial charge in [-0.25, -0.2) is 0 Å². The highest BCUT2D eigenvalue weighted by atomic mass is 15.1. The number of hydrogen-bond donors (Lipinski definition) is 3. The molecule has 0 fully saturated rings. The Hall–Kier alpha value is -2.30. The summed E-state index contributed by atoms with van der Waals surface area (Å²) in [5, 5.41) is 6.51. The Morgan fingerprint density at radius 2 is 1.90 bits per heavy atom. The van der Waals surface area contributed by atoms with E-state index in [0.717, 1.165) is 24.5 Å². The van der Waals surface area contributed by atoms with Crippen molar-refractivity contribution in [3.8, 4) is 0 Å². The summed E-state index contributed by atoms with van der Waals surface area (Å²) in [5.41, 5.74) is 8.05. The molecule has 0 aliphatic rings. The minimum atomic E-state index is 0.263. The van der Waals surface area contributed by atoms with Crippen molar-refractivity contribution in [2.45, 2.75) is 33.1 Å². The molecule has 5 heteroatoms. The van der Waals surface area contributed by atoms with E-state index in [9.17, 15) is 0 Å². The summed E-state index contributed by atoms with van der Waals surface area (Å²) in [5.74, 6) is 2.19. The van der Waals surface area contributed by atoms with Crippen molar-refractivity contribution in [1.29, 1.82) is 0 Å². The number of anilines is 4. The standard InChI is InChI=1S/C16H23N5/c1-4-8-18-14-10-15(21-16(17)20-14)19-13-7-5-6-12(9-13)11(2)3/h5-7,9-11H,4,8H2,1-3H3,(H4,17,18,19,20,21). The first-order valence-electron chi connectivity index (χ1n) is 7.34. The maximum atomic E-state index is 5.76. The smallest absolute Gasteiger partial charge is 0.223 e. The molecule has 1 aromatic carbocycles. The molecule has 1 heterocycles. The van der Waals surface area contributed by atoms with Gasteiger partial charge < -0.3 is 16.4 Å². The Bertz CT molecular complexity index is 595. The Labute approximate surface area is 126 Å². The molecule has 4 N–H and O–H groups in total. The molecular formula is C16H23N5. The van der Waals surface area contributed by atoms with Crippen LogP contribution in [0.5, 0.6) is 0 Å². The molecular weight excluding hydrogens is 262 g/mol. The highest BCUT2D eigenvalue weighted by Gasteiger charge is 2.04. The summed E-state index contributed by atoms with van der Waals surface area (Å²) in [4.78, 5) is 8.40. The van der Waals surface area contributed by atoms with E-state index >= 15 is 0 Å². The summed E-state index contributed by atoms with van der Waals surface area (Å²) < 4.78 is 0. The minimum absolute atomic E-state index is 0.263. The summed E-state index contributed by atoms with van der Waals surface area (Å²) in [6.45, 7) is 7.32. The van der Waals surface area contributed by atoms with Gasteiger partial charge in [-0.1, -0.05) is 32.9 Å². The lowest BCUT2D eigenvalue weighted by Gasteiger charge is -2.11. The summed E-state index contributed by atoms with van der Waals surface area (Å²) >= 11 is 0. The Balaban J connectivity index is 2.18. The fourth-order valence-corrected chi connectivity index (χ4v) is 2.00. The molecule has 0 saturated carbocycles. The third kappa shape index (κ3) is 4.34. The average Bonchev–Trinajstić information content (AvgIpc) is 2.45. The predicted octanol–water partition coefficient (Wildman–Crippen LogP) is 3.75. The number of nitrogens with zero attached hydrogens (tertiary/aromatic N) is 2. The first kappa shape index (κ1) is 15.1. The lowest BCUT2D eigenvalue weighted by Crippen LogP contribution is -2.06. The van der Waals surface area contributed by atoms with Gasteiger partial charge in [-0.2, -0.15) is 9.97 Å². The van der Waals surface area contributed by atoms with Crippen LogP contribution in [-0.4, -0.2) is 16.5 Å². The molecule has 0 saturated heterocycles. The van der Waals surface area contributed by atoms with Crippen molar-refractivity contribution in [2.24, 2.45) is 0 Å². The predicted molar refractivity (Wildman–Crippen MR) is 89.0 cm³/mol. The zero-order chi connectivity index (χ0) is 15.2.